The van der Waals surface area contributed by atoms with Crippen LogP contribution in [0.1, 0.15) is 39.0 Å². The van der Waals surface area contributed by atoms with Crippen LogP contribution < -0.4 is 10.1 Å². The van der Waals surface area contributed by atoms with Crippen LogP contribution in [0.2, 0.25) is 0 Å². The Balaban J connectivity index is 2.16. The van der Waals surface area contributed by atoms with Crippen molar-refractivity contribution in [3.63, 3.8) is 0 Å². The molecule has 0 atom stereocenters. The first-order valence-electron chi connectivity index (χ1n) is 7.61. The van der Waals surface area contributed by atoms with E-state index in [1.807, 2.05) is 29.8 Å². The number of nitrogens with zero attached hydrogens (tertiary/aromatic N) is 2. The molecule has 0 amide bonds. The fourth-order valence-electron chi connectivity index (χ4n) is 2.86. The van der Waals surface area contributed by atoms with E-state index in [2.05, 4.69) is 32.2 Å². The molecule has 0 spiro atoms. The van der Waals surface area contributed by atoms with Crippen molar-refractivity contribution in [2.24, 2.45) is 0 Å². The van der Waals surface area contributed by atoms with Crippen molar-refractivity contribution in [1.29, 1.82) is 0 Å². The summed E-state index contributed by atoms with van der Waals surface area (Å²) >= 11 is 0. The van der Waals surface area contributed by atoms with Gasteiger partial charge in [-0.3, -0.25) is 0 Å². The minimum absolute atomic E-state index is 0.0436. The second-order valence-corrected chi connectivity index (χ2v) is 6.42. The molecule has 1 N–H and O–H groups in total. The van der Waals surface area contributed by atoms with Gasteiger partial charge >= 0.3 is 0 Å². The molecule has 0 radical (unpaired) electrons. The normalized spacial score (nSPS) is 13.9. The van der Waals surface area contributed by atoms with Crippen molar-refractivity contribution in [1.82, 2.24) is 9.78 Å². The number of nitrogens with one attached hydrogen (secondary N) is 1. The number of ether oxygens (including phenoxy) is 1. The lowest BCUT2D eigenvalue weighted by Crippen LogP contribution is -2.15. The molecular formula is C17H23N3O. The number of anilines is 1. The molecule has 2 heterocycles. The van der Waals surface area contributed by atoms with Gasteiger partial charge in [0.15, 0.2) is 0 Å². The molecule has 112 valence electrons. The third-order valence-electron chi connectivity index (χ3n) is 3.75. The second-order valence-electron chi connectivity index (χ2n) is 6.42. The SMILES string of the molecule is CCOc1ccccc1-n1nc(C(C)(C)C)c2c1NCC2. The minimum atomic E-state index is 0.0436. The highest BCUT2D eigenvalue weighted by molar-refractivity contribution is 5.60. The molecule has 1 aromatic heterocycles. The highest BCUT2D eigenvalue weighted by atomic mass is 16.5. The Kier molecular flexibility index (Phi) is 3.40. The van der Waals surface area contributed by atoms with Crippen LogP contribution in [0.25, 0.3) is 5.69 Å². The van der Waals surface area contributed by atoms with Crippen molar-refractivity contribution in [3.8, 4) is 11.4 Å². The maximum atomic E-state index is 5.76. The molecule has 1 aliphatic heterocycles. The van der Waals surface area contributed by atoms with Gasteiger partial charge in [0.1, 0.15) is 17.3 Å². The smallest absolute Gasteiger partial charge is 0.145 e. The summed E-state index contributed by atoms with van der Waals surface area (Å²) in [4.78, 5) is 0. The second kappa shape index (κ2) is 5.10. The maximum absolute atomic E-state index is 5.76. The van der Waals surface area contributed by atoms with Crippen molar-refractivity contribution in [2.45, 2.75) is 39.5 Å². The Morgan fingerprint density at radius 3 is 2.76 bits per heavy atom. The predicted molar refractivity (Wildman–Crippen MR) is 85.6 cm³/mol. The van der Waals surface area contributed by atoms with Crippen LogP contribution in [-0.2, 0) is 11.8 Å². The van der Waals surface area contributed by atoms with Crippen molar-refractivity contribution < 1.29 is 4.74 Å². The zero-order chi connectivity index (χ0) is 15.0. The zero-order valence-corrected chi connectivity index (χ0v) is 13.2. The summed E-state index contributed by atoms with van der Waals surface area (Å²) in [6, 6.07) is 8.08. The molecule has 0 saturated heterocycles. The first kappa shape index (κ1) is 14.0. The molecule has 0 bridgehead atoms. The number of fused-ring (bicyclic) bond motifs is 1. The van der Waals surface area contributed by atoms with Crippen molar-refractivity contribution in [2.75, 3.05) is 18.5 Å². The van der Waals surface area contributed by atoms with E-state index in [4.69, 9.17) is 9.84 Å². The van der Waals surface area contributed by atoms with E-state index in [0.717, 1.165) is 30.2 Å². The van der Waals surface area contributed by atoms with Crippen LogP contribution in [0.5, 0.6) is 5.75 Å². The Bertz CT molecular complexity index is 653. The standard InChI is InChI=1S/C17H23N3O/c1-5-21-14-9-7-6-8-13(14)20-16-12(10-11-18-16)15(19-20)17(2,3)4/h6-9,18H,5,10-11H2,1-4H3. The van der Waals surface area contributed by atoms with Gasteiger partial charge in [0, 0.05) is 17.5 Å². The molecule has 3 rings (SSSR count). The van der Waals surface area contributed by atoms with Gasteiger partial charge in [-0.25, -0.2) is 4.68 Å². The number of benzene rings is 1. The number of aromatic nitrogens is 2. The summed E-state index contributed by atoms with van der Waals surface area (Å²) < 4.78 is 7.77. The molecule has 1 aromatic carbocycles. The third-order valence-corrected chi connectivity index (χ3v) is 3.75. The Morgan fingerprint density at radius 2 is 2.05 bits per heavy atom. The van der Waals surface area contributed by atoms with E-state index < -0.39 is 0 Å². The third kappa shape index (κ3) is 2.39. The van der Waals surface area contributed by atoms with Crippen LogP contribution >= 0.6 is 0 Å². The first-order valence-corrected chi connectivity index (χ1v) is 7.61. The summed E-state index contributed by atoms with van der Waals surface area (Å²) in [5.74, 6) is 1.99. The monoisotopic (exact) mass is 285 g/mol. The van der Waals surface area contributed by atoms with E-state index in [0.29, 0.717) is 6.61 Å². The zero-order valence-electron chi connectivity index (χ0n) is 13.2. The largest absolute Gasteiger partial charge is 0.492 e. The lowest BCUT2D eigenvalue weighted by molar-refractivity contribution is 0.338. The number of para-hydroxylation sites is 2. The molecule has 0 saturated carbocycles. The summed E-state index contributed by atoms with van der Waals surface area (Å²) in [6.45, 7) is 10.3. The van der Waals surface area contributed by atoms with E-state index in [9.17, 15) is 0 Å². The summed E-state index contributed by atoms with van der Waals surface area (Å²) in [5.41, 5.74) is 3.56. The summed E-state index contributed by atoms with van der Waals surface area (Å²) in [6.07, 6.45) is 1.04. The number of rotatable bonds is 3. The highest BCUT2D eigenvalue weighted by Gasteiger charge is 2.30. The predicted octanol–water partition coefficient (Wildman–Crippen LogP) is 3.54. The molecule has 0 unspecified atom stereocenters. The van der Waals surface area contributed by atoms with Gasteiger partial charge in [-0.1, -0.05) is 32.9 Å². The highest BCUT2D eigenvalue weighted by Crippen LogP contribution is 2.36. The molecule has 1 aliphatic rings. The topological polar surface area (TPSA) is 39.1 Å². The van der Waals surface area contributed by atoms with Gasteiger partial charge in [0.05, 0.1) is 12.3 Å². The van der Waals surface area contributed by atoms with E-state index in [1.165, 1.54) is 11.3 Å². The fourth-order valence-corrected chi connectivity index (χ4v) is 2.86. The van der Waals surface area contributed by atoms with Crippen LogP contribution in [0.3, 0.4) is 0 Å². The molecule has 0 fully saturated rings. The van der Waals surface area contributed by atoms with Crippen LogP contribution in [-0.4, -0.2) is 22.9 Å². The van der Waals surface area contributed by atoms with Crippen LogP contribution in [0.15, 0.2) is 24.3 Å². The van der Waals surface area contributed by atoms with Gasteiger partial charge in [0.2, 0.25) is 0 Å². The van der Waals surface area contributed by atoms with Crippen LogP contribution in [0, 0.1) is 0 Å². The number of hydrogen-bond donors (Lipinski definition) is 1. The molecule has 21 heavy (non-hydrogen) atoms. The molecule has 2 aromatic rings. The maximum Gasteiger partial charge on any atom is 0.145 e. The van der Waals surface area contributed by atoms with Crippen molar-refractivity contribution >= 4 is 5.82 Å². The quantitative estimate of drug-likeness (QED) is 0.937. The summed E-state index contributed by atoms with van der Waals surface area (Å²) in [7, 11) is 0. The minimum Gasteiger partial charge on any atom is -0.492 e. The molecule has 4 heteroatoms. The molecule has 4 nitrogen and oxygen atoms in total. The number of hydrogen-bond acceptors (Lipinski definition) is 3. The van der Waals surface area contributed by atoms with Gasteiger partial charge in [-0.2, -0.15) is 5.10 Å². The Labute approximate surface area is 126 Å². The first-order chi connectivity index (χ1) is 10.0. The van der Waals surface area contributed by atoms with E-state index in [1.54, 1.807) is 0 Å². The van der Waals surface area contributed by atoms with Gasteiger partial charge < -0.3 is 10.1 Å². The molecule has 0 aliphatic carbocycles. The Morgan fingerprint density at radius 1 is 1.29 bits per heavy atom. The van der Waals surface area contributed by atoms with E-state index >= 15 is 0 Å². The fraction of sp³-hybridized carbons (Fsp3) is 0.471. The van der Waals surface area contributed by atoms with Gasteiger partial charge in [0.25, 0.3) is 0 Å². The van der Waals surface area contributed by atoms with Crippen LogP contribution in [0.4, 0.5) is 5.82 Å². The Hall–Kier alpha value is -1.97. The average molecular weight is 285 g/mol. The average Bonchev–Trinajstić information content (AvgIpc) is 3.00. The van der Waals surface area contributed by atoms with Crippen molar-refractivity contribution in [3.05, 3.63) is 35.5 Å². The van der Waals surface area contributed by atoms with E-state index in [-0.39, 0.29) is 5.41 Å². The summed E-state index contributed by atoms with van der Waals surface area (Å²) in [5, 5.41) is 8.36. The van der Waals surface area contributed by atoms with Gasteiger partial charge in [-0.15, -0.1) is 0 Å². The molecular weight excluding hydrogens is 262 g/mol. The lowest BCUT2D eigenvalue weighted by atomic mass is 9.89. The lowest BCUT2D eigenvalue weighted by Gasteiger charge is -2.17. The van der Waals surface area contributed by atoms with Gasteiger partial charge in [-0.05, 0) is 25.5 Å².